The molecule has 0 radical (unpaired) electrons. The summed E-state index contributed by atoms with van der Waals surface area (Å²) in [7, 11) is 0. The van der Waals surface area contributed by atoms with Gasteiger partial charge in [0.25, 0.3) is 0 Å². The van der Waals surface area contributed by atoms with E-state index in [0.29, 0.717) is 11.7 Å². The lowest BCUT2D eigenvalue weighted by atomic mass is 9.88. The maximum atomic E-state index is 9.44. The number of aromatic hydroxyl groups is 1. The molecule has 2 unspecified atom stereocenters. The van der Waals surface area contributed by atoms with Crippen LogP contribution in [0.4, 0.5) is 0 Å². The molecule has 0 spiro atoms. The van der Waals surface area contributed by atoms with Crippen LogP contribution in [0.1, 0.15) is 24.3 Å². The molecule has 15 heavy (non-hydrogen) atoms. The van der Waals surface area contributed by atoms with Crippen molar-refractivity contribution in [1.82, 2.24) is 5.32 Å². The second kappa shape index (κ2) is 4.64. The Hall–Kier alpha value is -1.06. The SMILES string of the molecule is NC1CCNCCC1c1cccc(O)c1. The minimum Gasteiger partial charge on any atom is -0.508 e. The summed E-state index contributed by atoms with van der Waals surface area (Å²) in [6, 6.07) is 7.66. The van der Waals surface area contributed by atoms with Crippen LogP contribution in [0, 0.1) is 0 Å². The zero-order chi connectivity index (χ0) is 10.7. The minimum atomic E-state index is 0.196. The van der Waals surface area contributed by atoms with E-state index in [4.69, 9.17) is 5.73 Å². The van der Waals surface area contributed by atoms with Gasteiger partial charge in [-0.05, 0) is 43.6 Å². The first-order chi connectivity index (χ1) is 7.27. The van der Waals surface area contributed by atoms with Gasteiger partial charge in [0, 0.05) is 12.0 Å². The lowest BCUT2D eigenvalue weighted by Crippen LogP contribution is -2.28. The molecule has 2 rings (SSSR count). The molecule has 3 nitrogen and oxygen atoms in total. The van der Waals surface area contributed by atoms with Crippen molar-refractivity contribution < 1.29 is 5.11 Å². The van der Waals surface area contributed by atoms with Crippen molar-refractivity contribution in [1.29, 1.82) is 0 Å². The van der Waals surface area contributed by atoms with Gasteiger partial charge in [-0.2, -0.15) is 0 Å². The number of nitrogens with one attached hydrogen (secondary N) is 1. The van der Waals surface area contributed by atoms with Gasteiger partial charge in [-0.25, -0.2) is 0 Å². The summed E-state index contributed by atoms with van der Waals surface area (Å²) in [4.78, 5) is 0. The summed E-state index contributed by atoms with van der Waals surface area (Å²) in [5.41, 5.74) is 7.30. The van der Waals surface area contributed by atoms with Gasteiger partial charge in [-0.1, -0.05) is 12.1 Å². The fourth-order valence-corrected chi connectivity index (χ4v) is 2.24. The van der Waals surface area contributed by atoms with Crippen LogP contribution in [-0.4, -0.2) is 24.2 Å². The van der Waals surface area contributed by atoms with Crippen molar-refractivity contribution in [3.8, 4) is 5.75 Å². The molecule has 82 valence electrons. The van der Waals surface area contributed by atoms with E-state index in [1.807, 2.05) is 12.1 Å². The number of phenolic OH excluding ortho intramolecular Hbond substituents is 1. The normalized spacial score (nSPS) is 27.3. The van der Waals surface area contributed by atoms with E-state index in [-0.39, 0.29) is 6.04 Å². The largest absolute Gasteiger partial charge is 0.508 e. The molecule has 0 aromatic heterocycles. The summed E-state index contributed by atoms with van der Waals surface area (Å²) >= 11 is 0. The lowest BCUT2D eigenvalue weighted by Gasteiger charge is -2.21. The van der Waals surface area contributed by atoms with E-state index in [1.54, 1.807) is 6.07 Å². The van der Waals surface area contributed by atoms with Gasteiger partial charge in [-0.3, -0.25) is 0 Å². The zero-order valence-corrected chi connectivity index (χ0v) is 8.82. The molecule has 0 saturated carbocycles. The third-order valence-electron chi connectivity index (χ3n) is 3.10. The molecule has 4 N–H and O–H groups in total. The molecule has 2 atom stereocenters. The molecular weight excluding hydrogens is 188 g/mol. The summed E-state index contributed by atoms with van der Waals surface area (Å²) in [6.45, 7) is 2.00. The summed E-state index contributed by atoms with van der Waals surface area (Å²) < 4.78 is 0. The van der Waals surface area contributed by atoms with Gasteiger partial charge in [0.2, 0.25) is 0 Å². The lowest BCUT2D eigenvalue weighted by molar-refractivity contribution is 0.469. The Morgan fingerprint density at radius 3 is 2.87 bits per heavy atom. The van der Waals surface area contributed by atoms with Crippen LogP contribution < -0.4 is 11.1 Å². The predicted octanol–water partition coefficient (Wildman–Crippen LogP) is 1.19. The fraction of sp³-hybridized carbons (Fsp3) is 0.500. The smallest absolute Gasteiger partial charge is 0.115 e. The molecule has 1 heterocycles. The van der Waals surface area contributed by atoms with Crippen molar-refractivity contribution >= 4 is 0 Å². The monoisotopic (exact) mass is 206 g/mol. The minimum absolute atomic E-state index is 0.196. The molecule has 1 aliphatic rings. The molecular formula is C12H18N2O. The van der Waals surface area contributed by atoms with Crippen LogP contribution >= 0.6 is 0 Å². The zero-order valence-electron chi connectivity index (χ0n) is 8.82. The van der Waals surface area contributed by atoms with Crippen molar-refractivity contribution in [2.75, 3.05) is 13.1 Å². The first-order valence-corrected chi connectivity index (χ1v) is 5.52. The van der Waals surface area contributed by atoms with Gasteiger partial charge in [0.15, 0.2) is 0 Å². The first-order valence-electron chi connectivity index (χ1n) is 5.52. The Kier molecular flexibility index (Phi) is 3.23. The van der Waals surface area contributed by atoms with Crippen LogP contribution in [0.15, 0.2) is 24.3 Å². The molecule has 0 bridgehead atoms. The number of nitrogens with two attached hydrogens (primary N) is 1. The van der Waals surface area contributed by atoms with E-state index in [9.17, 15) is 5.11 Å². The number of benzene rings is 1. The predicted molar refractivity (Wildman–Crippen MR) is 60.9 cm³/mol. The highest BCUT2D eigenvalue weighted by Gasteiger charge is 2.21. The fourth-order valence-electron chi connectivity index (χ4n) is 2.24. The van der Waals surface area contributed by atoms with Crippen molar-refractivity contribution in [2.45, 2.75) is 24.8 Å². The number of rotatable bonds is 1. The first kappa shape index (κ1) is 10.5. The van der Waals surface area contributed by atoms with E-state index in [0.717, 1.165) is 31.5 Å². The Bertz CT molecular complexity index is 327. The molecule has 1 fully saturated rings. The topological polar surface area (TPSA) is 58.3 Å². The third kappa shape index (κ3) is 2.49. The van der Waals surface area contributed by atoms with Crippen molar-refractivity contribution in [3.63, 3.8) is 0 Å². The number of hydrogen-bond donors (Lipinski definition) is 3. The highest BCUT2D eigenvalue weighted by atomic mass is 16.3. The van der Waals surface area contributed by atoms with Gasteiger partial charge in [-0.15, -0.1) is 0 Å². The highest BCUT2D eigenvalue weighted by molar-refractivity contribution is 5.30. The molecule has 0 amide bonds. The van der Waals surface area contributed by atoms with Crippen molar-refractivity contribution in [3.05, 3.63) is 29.8 Å². The van der Waals surface area contributed by atoms with Gasteiger partial charge in [0.05, 0.1) is 0 Å². The Balaban J connectivity index is 2.20. The van der Waals surface area contributed by atoms with Crippen LogP contribution in [-0.2, 0) is 0 Å². The average Bonchev–Trinajstić information content (AvgIpc) is 2.43. The average molecular weight is 206 g/mol. The van der Waals surface area contributed by atoms with Crippen LogP contribution in [0.5, 0.6) is 5.75 Å². The highest BCUT2D eigenvalue weighted by Crippen LogP contribution is 2.27. The summed E-state index contributed by atoms with van der Waals surface area (Å²) in [5.74, 6) is 0.698. The molecule has 1 aromatic rings. The Morgan fingerprint density at radius 2 is 2.07 bits per heavy atom. The maximum absolute atomic E-state index is 9.44. The molecule has 1 saturated heterocycles. The van der Waals surface area contributed by atoms with E-state index in [2.05, 4.69) is 11.4 Å². The molecule has 0 aliphatic carbocycles. The van der Waals surface area contributed by atoms with Crippen LogP contribution in [0.25, 0.3) is 0 Å². The Labute approximate surface area is 90.3 Å². The molecule has 1 aliphatic heterocycles. The van der Waals surface area contributed by atoms with E-state index < -0.39 is 0 Å². The van der Waals surface area contributed by atoms with Crippen molar-refractivity contribution in [2.24, 2.45) is 5.73 Å². The van der Waals surface area contributed by atoms with Gasteiger partial charge < -0.3 is 16.2 Å². The molecule has 3 heteroatoms. The second-order valence-electron chi connectivity index (χ2n) is 4.19. The number of hydrogen-bond acceptors (Lipinski definition) is 3. The van der Waals surface area contributed by atoms with Crippen LogP contribution in [0.2, 0.25) is 0 Å². The number of phenols is 1. The second-order valence-corrected chi connectivity index (χ2v) is 4.19. The summed E-state index contributed by atoms with van der Waals surface area (Å²) in [5, 5.41) is 12.8. The standard InChI is InChI=1S/C12H18N2O/c13-12-5-7-14-6-4-11(12)9-2-1-3-10(15)8-9/h1-3,8,11-12,14-15H,4-7,13H2. The third-order valence-corrected chi connectivity index (χ3v) is 3.10. The Morgan fingerprint density at radius 1 is 1.27 bits per heavy atom. The van der Waals surface area contributed by atoms with Crippen LogP contribution in [0.3, 0.4) is 0 Å². The maximum Gasteiger partial charge on any atom is 0.115 e. The van der Waals surface area contributed by atoms with Gasteiger partial charge >= 0.3 is 0 Å². The van der Waals surface area contributed by atoms with Gasteiger partial charge in [0.1, 0.15) is 5.75 Å². The van der Waals surface area contributed by atoms with E-state index >= 15 is 0 Å². The summed E-state index contributed by atoms with van der Waals surface area (Å²) in [6.07, 6.45) is 2.05. The quantitative estimate of drug-likeness (QED) is 0.647. The molecule has 1 aromatic carbocycles. The van der Waals surface area contributed by atoms with E-state index in [1.165, 1.54) is 0 Å².